The zero-order chi connectivity index (χ0) is 18.7. The fourth-order valence-electron chi connectivity index (χ4n) is 2.97. The summed E-state index contributed by atoms with van der Waals surface area (Å²) in [6.07, 6.45) is 0. The highest BCUT2D eigenvalue weighted by molar-refractivity contribution is 6.31. The molecule has 0 spiro atoms. The van der Waals surface area contributed by atoms with Gasteiger partial charge in [0.25, 0.3) is 5.69 Å². The number of carbonyl (C=O) groups excluding carboxylic acids is 1. The Labute approximate surface area is 156 Å². The molecule has 0 aromatic heterocycles. The highest BCUT2D eigenvalue weighted by Gasteiger charge is 2.25. The number of urea groups is 1. The molecule has 0 aliphatic carbocycles. The van der Waals surface area contributed by atoms with Gasteiger partial charge in [0.15, 0.2) is 0 Å². The number of nitrogens with zero attached hydrogens (tertiary/aromatic N) is 3. The highest BCUT2D eigenvalue weighted by Crippen LogP contribution is 2.28. The number of nitrogens with one attached hydrogen (secondary N) is 1. The van der Waals surface area contributed by atoms with Gasteiger partial charge >= 0.3 is 6.03 Å². The second-order valence-electron chi connectivity index (χ2n) is 6.06. The molecule has 1 aliphatic heterocycles. The van der Waals surface area contributed by atoms with Crippen molar-refractivity contribution in [2.24, 2.45) is 0 Å². The van der Waals surface area contributed by atoms with Crippen LogP contribution in [0.15, 0.2) is 42.5 Å². The quantitative estimate of drug-likeness (QED) is 0.652. The number of piperazine rings is 1. The lowest BCUT2D eigenvalue weighted by molar-refractivity contribution is -0.384. The van der Waals surface area contributed by atoms with Gasteiger partial charge in [-0.1, -0.05) is 29.8 Å². The second kappa shape index (κ2) is 7.61. The van der Waals surface area contributed by atoms with Crippen LogP contribution in [0.2, 0.25) is 5.02 Å². The Bertz CT molecular complexity index is 835. The minimum absolute atomic E-state index is 0.0833. The summed E-state index contributed by atoms with van der Waals surface area (Å²) in [6, 6.07) is 11.8. The van der Waals surface area contributed by atoms with Crippen LogP contribution in [0.4, 0.5) is 21.9 Å². The largest absolute Gasteiger partial charge is 0.362 e. The average molecular weight is 375 g/mol. The molecule has 2 amide bonds. The van der Waals surface area contributed by atoms with Crippen molar-refractivity contribution < 1.29 is 9.72 Å². The molecule has 0 bridgehead atoms. The zero-order valence-corrected chi connectivity index (χ0v) is 15.1. The standard InChI is InChI=1S/C18H19ClN4O3/c1-13-14(19)5-4-6-15(13)20-18(24)22-11-9-21(10-12-22)16-7-2-3-8-17(16)23(25)26/h2-8H,9-12H2,1H3,(H,20,24). The lowest BCUT2D eigenvalue weighted by atomic mass is 10.2. The van der Waals surface area contributed by atoms with Crippen LogP contribution in [-0.2, 0) is 0 Å². The van der Waals surface area contributed by atoms with E-state index >= 15 is 0 Å². The molecule has 1 saturated heterocycles. The van der Waals surface area contributed by atoms with Gasteiger partial charge < -0.3 is 15.1 Å². The van der Waals surface area contributed by atoms with E-state index in [9.17, 15) is 14.9 Å². The second-order valence-corrected chi connectivity index (χ2v) is 6.47. The molecular formula is C18H19ClN4O3. The molecule has 136 valence electrons. The molecule has 0 atom stereocenters. The van der Waals surface area contributed by atoms with Crippen molar-refractivity contribution in [3.8, 4) is 0 Å². The summed E-state index contributed by atoms with van der Waals surface area (Å²) in [5.41, 5.74) is 2.17. The van der Waals surface area contributed by atoms with Crippen LogP contribution in [0.1, 0.15) is 5.56 Å². The van der Waals surface area contributed by atoms with E-state index < -0.39 is 0 Å². The predicted molar refractivity (Wildman–Crippen MR) is 102 cm³/mol. The van der Waals surface area contributed by atoms with Gasteiger partial charge in [-0.25, -0.2) is 4.79 Å². The van der Waals surface area contributed by atoms with Gasteiger partial charge in [0.2, 0.25) is 0 Å². The van der Waals surface area contributed by atoms with Gasteiger partial charge in [0, 0.05) is 43.0 Å². The first-order chi connectivity index (χ1) is 12.5. The van der Waals surface area contributed by atoms with Gasteiger partial charge in [-0.05, 0) is 30.7 Å². The molecule has 1 fully saturated rings. The maximum Gasteiger partial charge on any atom is 0.321 e. The fraction of sp³-hybridized carbons (Fsp3) is 0.278. The van der Waals surface area contributed by atoms with E-state index in [1.54, 1.807) is 35.2 Å². The average Bonchev–Trinajstić information content (AvgIpc) is 2.65. The number of hydrogen-bond acceptors (Lipinski definition) is 4. The minimum Gasteiger partial charge on any atom is -0.362 e. The number of hydrogen-bond donors (Lipinski definition) is 1. The molecule has 7 nitrogen and oxygen atoms in total. The van der Waals surface area contributed by atoms with Crippen LogP contribution in [0.5, 0.6) is 0 Å². The monoisotopic (exact) mass is 374 g/mol. The van der Waals surface area contributed by atoms with E-state index in [0.717, 1.165) is 5.56 Å². The van der Waals surface area contributed by atoms with Gasteiger partial charge in [-0.15, -0.1) is 0 Å². The first-order valence-electron chi connectivity index (χ1n) is 8.27. The summed E-state index contributed by atoms with van der Waals surface area (Å²) in [5, 5.41) is 14.7. The molecule has 0 radical (unpaired) electrons. The van der Waals surface area contributed by atoms with E-state index in [1.165, 1.54) is 6.07 Å². The molecule has 0 unspecified atom stereocenters. The van der Waals surface area contributed by atoms with E-state index in [4.69, 9.17) is 11.6 Å². The number of carbonyl (C=O) groups is 1. The topological polar surface area (TPSA) is 78.7 Å². The van der Waals surface area contributed by atoms with Crippen molar-refractivity contribution in [2.45, 2.75) is 6.92 Å². The molecular weight excluding hydrogens is 356 g/mol. The Kier molecular flexibility index (Phi) is 5.27. The minimum atomic E-state index is -0.379. The Hall–Kier alpha value is -2.80. The van der Waals surface area contributed by atoms with E-state index in [2.05, 4.69) is 5.32 Å². The van der Waals surface area contributed by atoms with Crippen molar-refractivity contribution in [1.82, 2.24) is 4.90 Å². The van der Waals surface area contributed by atoms with Crippen LogP contribution in [0.3, 0.4) is 0 Å². The molecule has 1 N–H and O–H groups in total. The Morgan fingerprint density at radius 1 is 1.12 bits per heavy atom. The molecule has 8 heteroatoms. The van der Waals surface area contributed by atoms with Crippen molar-refractivity contribution in [1.29, 1.82) is 0 Å². The normalized spacial score (nSPS) is 14.2. The number of para-hydroxylation sites is 2. The lowest BCUT2D eigenvalue weighted by Gasteiger charge is -2.35. The van der Waals surface area contributed by atoms with E-state index in [-0.39, 0.29) is 16.6 Å². The first kappa shape index (κ1) is 18.0. The molecule has 2 aromatic rings. The number of anilines is 2. The van der Waals surface area contributed by atoms with Gasteiger partial charge in [0.05, 0.1) is 4.92 Å². The summed E-state index contributed by atoms with van der Waals surface area (Å²) in [7, 11) is 0. The number of benzene rings is 2. The van der Waals surface area contributed by atoms with Crippen molar-refractivity contribution in [2.75, 3.05) is 36.4 Å². The number of amides is 2. The lowest BCUT2D eigenvalue weighted by Crippen LogP contribution is -2.50. The molecule has 1 heterocycles. The Morgan fingerprint density at radius 3 is 2.50 bits per heavy atom. The highest BCUT2D eigenvalue weighted by atomic mass is 35.5. The van der Waals surface area contributed by atoms with Crippen LogP contribution < -0.4 is 10.2 Å². The van der Waals surface area contributed by atoms with Crippen LogP contribution in [0, 0.1) is 17.0 Å². The van der Waals surface area contributed by atoms with E-state index in [0.29, 0.717) is 42.6 Å². The smallest absolute Gasteiger partial charge is 0.321 e. The number of rotatable bonds is 3. The summed E-state index contributed by atoms with van der Waals surface area (Å²) in [5.74, 6) is 0. The third kappa shape index (κ3) is 3.72. The molecule has 0 saturated carbocycles. The van der Waals surface area contributed by atoms with Gasteiger partial charge in [0.1, 0.15) is 5.69 Å². The van der Waals surface area contributed by atoms with E-state index in [1.807, 2.05) is 17.9 Å². The van der Waals surface area contributed by atoms with Crippen LogP contribution >= 0.6 is 11.6 Å². The summed E-state index contributed by atoms with van der Waals surface area (Å²) in [4.78, 5) is 26.9. The maximum atomic E-state index is 12.5. The maximum absolute atomic E-state index is 12.5. The third-order valence-corrected chi connectivity index (χ3v) is 4.90. The fourth-order valence-corrected chi connectivity index (χ4v) is 3.15. The summed E-state index contributed by atoms with van der Waals surface area (Å²) >= 11 is 6.08. The predicted octanol–water partition coefficient (Wildman–Crippen LogP) is 3.91. The number of halogens is 1. The van der Waals surface area contributed by atoms with Crippen molar-refractivity contribution >= 4 is 34.7 Å². The molecule has 26 heavy (non-hydrogen) atoms. The van der Waals surface area contributed by atoms with Crippen molar-refractivity contribution in [3.63, 3.8) is 0 Å². The third-order valence-electron chi connectivity index (χ3n) is 4.50. The van der Waals surface area contributed by atoms with Gasteiger partial charge in [-0.2, -0.15) is 0 Å². The molecule has 3 rings (SSSR count). The van der Waals surface area contributed by atoms with Crippen LogP contribution in [0.25, 0.3) is 0 Å². The summed E-state index contributed by atoms with van der Waals surface area (Å²) < 4.78 is 0. The van der Waals surface area contributed by atoms with Crippen LogP contribution in [-0.4, -0.2) is 42.0 Å². The van der Waals surface area contributed by atoms with Crippen molar-refractivity contribution in [3.05, 3.63) is 63.2 Å². The molecule has 1 aliphatic rings. The number of nitro groups is 1. The number of nitro benzene ring substituents is 1. The Balaban J connectivity index is 1.64. The summed E-state index contributed by atoms with van der Waals surface area (Å²) in [6.45, 7) is 3.89. The zero-order valence-electron chi connectivity index (χ0n) is 14.3. The van der Waals surface area contributed by atoms with Gasteiger partial charge in [-0.3, -0.25) is 10.1 Å². The Morgan fingerprint density at radius 2 is 1.81 bits per heavy atom. The first-order valence-corrected chi connectivity index (χ1v) is 8.64. The molecule has 2 aromatic carbocycles. The SMILES string of the molecule is Cc1c(Cl)cccc1NC(=O)N1CCN(c2ccccc2[N+](=O)[O-])CC1.